The van der Waals surface area contributed by atoms with E-state index < -0.39 is 0 Å². The number of rotatable bonds is 5. The number of halogens is 1. The Bertz CT molecular complexity index is 364. The lowest BCUT2D eigenvalue weighted by Gasteiger charge is -2.23. The van der Waals surface area contributed by atoms with Gasteiger partial charge in [-0.2, -0.15) is 0 Å². The fourth-order valence-electron chi connectivity index (χ4n) is 1.98. The summed E-state index contributed by atoms with van der Waals surface area (Å²) >= 11 is 6.35. The van der Waals surface area contributed by atoms with Gasteiger partial charge in [0.2, 0.25) is 0 Å². The van der Waals surface area contributed by atoms with E-state index in [0.717, 1.165) is 17.9 Å². The molecule has 0 aliphatic heterocycles. The molecular formula is C16H25Cl. The first-order chi connectivity index (χ1) is 7.84. The summed E-state index contributed by atoms with van der Waals surface area (Å²) in [5.74, 6) is 0.658. The first kappa shape index (κ1) is 14.6. The van der Waals surface area contributed by atoms with Crippen molar-refractivity contribution in [3.05, 3.63) is 34.3 Å². The molecule has 96 valence electrons. The van der Waals surface area contributed by atoms with Crippen LogP contribution in [0.15, 0.2) is 18.2 Å². The molecule has 1 aromatic rings. The second-order valence-corrected chi connectivity index (χ2v) is 6.63. The lowest BCUT2D eigenvalue weighted by molar-refractivity contribution is 0.349. The molecule has 1 aromatic carbocycles. The Labute approximate surface area is 111 Å². The van der Waals surface area contributed by atoms with Crippen LogP contribution in [0.3, 0.4) is 0 Å². The standard InChI is InChI=1S/C16H25Cl/c1-6-16(4,5)11-13-7-8-14(9-12(2)3)15(17)10-13/h7-8,10,12H,6,9,11H2,1-5H3. The SMILES string of the molecule is CCC(C)(C)Cc1ccc(CC(C)C)c(Cl)c1. The zero-order valence-corrected chi connectivity index (χ0v) is 12.6. The Morgan fingerprint density at radius 3 is 2.35 bits per heavy atom. The monoisotopic (exact) mass is 252 g/mol. The first-order valence-electron chi connectivity index (χ1n) is 6.61. The van der Waals surface area contributed by atoms with Gasteiger partial charge in [0.25, 0.3) is 0 Å². The Balaban J connectivity index is 2.82. The maximum absolute atomic E-state index is 6.35. The summed E-state index contributed by atoms with van der Waals surface area (Å²) in [7, 11) is 0. The van der Waals surface area contributed by atoms with Crippen LogP contribution in [0.4, 0.5) is 0 Å². The van der Waals surface area contributed by atoms with Crippen molar-refractivity contribution in [1.29, 1.82) is 0 Å². The highest BCUT2D eigenvalue weighted by Gasteiger charge is 2.16. The van der Waals surface area contributed by atoms with E-state index in [1.807, 2.05) is 0 Å². The molecule has 0 aromatic heterocycles. The third kappa shape index (κ3) is 4.71. The summed E-state index contributed by atoms with van der Waals surface area (Å²) in [6, 6.07) is 6.58. The molecule has 0 saturated heterocycles. The summed E-state index contributed by atoms with van der Waals surface area (Å²) in [5.41, 5.74) is 3.00. The Kier molecular flexibility index (Phi) is 5.06. The summed E-state index contributed by atoms with van der Waals surface area (Å²) < 4.78 is 0. The highest BCUT2D eigenvalue weighted by Crippen LogP contribution is 2.28. The van der Waals surface area contributed by atoms with Crippen LogP contribution in [0.5, 0.6) is 0 Å². The first-order valence-corrected chi connectivity index (χ1v) is 6.99. The number of benzene rings is 1. The molecular weight excluding hydrogens is 228 g/mol. The fraction of sp³-hybridized carbons (Fsp3) is 0.625. The molecule has 0 nitrogen and oxygen atoms in total. The lowest BCUT2D eigenvalue weighted by atomic mass is 9.83. The number of hydrogen-bond acceptors (Lipinski definition) is 0. The molecule has 17 heavy (non-hydrogen) atoms. The van der Waals surface area contributed by atoms with E-state index in [1.165, 1.54) is 17.5 Å². The zero-order valence-electron chi connectivity index (χ0n) is 11.8. The predicted molar refractivity (Wildman–Crippen MR) is 77.8 cm³/mol. The van der Waals surface area contributed by atoms with Gasteiger partial charge < -0.3 is 0 Å². The minimum absolute atomic E-state index is 0.364. The average molecular weight is 253 g/mol. The van der Waals surface area contributed by atoms with Crippen molar-refractivity contribution >= 4 is 11.6 Å². The van der Waals surface area contributed by atoms with Crippen molar-refractivity contribution in [2.24, 2.45) is 11.3 Å². The van der Waals surface area contributed by atoms with Gasteiger partial charge in [-0.3, -0.25) is 0 Å². The summed E-state index contributed by atoms with van der Waals surface area (Å²) in [5, 5.41) is 0.933. The van der Waals surface area contributed by atoms with Gasteiger partial charge in [0.05, 0.1) is 0 Å². The van der Waals surface area contributed by atoms with Crippen LogP contribution >= 0.6 is 11.6 Å². The molecule has 0 radical (unpaired) electrons. The van der Waals surface area contributed by atoms with Crippen molar-refractivity contribution in [2.75, 3.05) is 0 Å². The molecule has 0 saturated carbocycles. The van der Waals surface area contributed by atoms with Crippen LogP contribution in [0.1, 0.15) is 52.2 Å². The highest BCUT2D eigenvalue weighted by molar-refractivity contribution is 6.31. The van der Waals surface area contributed by atoms with Crippen LogP contribution < -0.4 is 0 Å². The Morgan fingerprint density at radius 2 is 1.88 bits per heavy atom. The normalized spacial score (nSPS) is 12.2. The molecule has 0 bridgehead atoms. The third-order valence-corrected chi connectivity index (χ3v) is 3.74. The van der Waals surface area contributed by atoms with E-state index in [0.29, 0.717) is 11.3 Å². The second kappa shape index (κ2) is 5.91. The molecule has 0 atom stereocenters. The topological polar surface area (TPSA) is 0 Å². The number of hydrogen-bond donors (Lipinski definition) is 0. The molecule has 0 unspecified atom stereocenters. The van der Waals surface area contributed by atoms with Crippen LogP contribution in [-0.2, 0) is 12.8 Å². The molecule has 0 aliphatic rings. The van der Waals surface area contributed by atoms with Crippen LogP contribution in [0.25, 0.3) is 0 Å². The lowest BCUT2D eigenvalue weighted by Crippen LogP contribution is -2.13. The summed E-state index contributed by atoms with van der Waals surface area (Å²) in [4.78, 5) is 0. The van der Waals surface area contributed by atoms with Crippen LogP contribution in [0, 0.1) is 11.3 Å². The fourth-order valence-corrected chi connectivity index (χ4v) is 2.26. The quantitative estimate of drug-likeness (QED) is 0.648. The van der Waals surface area contributed by atoms with E-state index in [1.54, 1.807) is 0 Å². The molecule has 0 N–H and O–H groups in total. The van der Waals surface area contributed by atoms with Crippen molar-refractivity contribution < 1.29 is 0 Å². The van der Waals surface area contributed by atoms with Crippen LogP contribution in [0.2, 0.25) is 5.02 Å². The molecule has 0 amide bonds. The van der Waals surface area contributed by atoms with Gasteiger partial charge in [-0.1, -0.05) is 64.8 Å². The van der Waals surface area contributed by atoms with Crippen molar-refractivity contribution in [3.63, 3.8) is 0 Å². The van der Waals surface area contributed by atoms with E-state index in [9.17, 15) is 0 Å². The minimum Gasteiger partial charge on any atom is -0.0840 e. The summed E-state index contributed by atoms with van der Waals surface area (Å²) in [6.07, 6.45) is 3.36. The smallest absolute Gasteiger partial charge is 0.0440 e. The maximum atomic E-state index is 6.35. The predicted octanol–water partition coefficient (Wildman–Crippen LogP) is 5.52. The minimum atomic E-state index is 0.364. The highest BCUT2D eigenvalue weighted by atomic mass is 35.5. The van der Waals surface area contributed by atoms with Crippen molar-refractivity contribution in [2.45, 2.75) is 53.9 Å². The van der Waals surface area contributed by atoms with E-state index in [2.05, 4.69) is 52.8 Å². The molecule has 1 heteroatoms. The molecule has 0 heterocycles. The second-order valence-electron chi connectivity index (χ2n) is 6.22. The van der Waals surface area contributed by atoms with E-state index in [4.69, 9.17) is 11.6 Å². The van der Waals surface area contributed by atoms with Crippen LogP contribution in [-0.4, -0.2) is 0 Å². The van der Waals surface area contributed by atoms with Gasteiger partial charge in [0.15, 0.2) is 0 Å². The van der Waals surface area contributed by atoms with Gasteiger partial charge in [-0.15, -0.1) is 0 Å². The molecule has 0 fully saturated rings. The molecule has 1 rings (SSSR count). The average Bonchev–Trinajstić information content (AvgIpc) is 2.21. The molecule has 0 aliphatic carbocycles. The Morgan fingerprint density at radius 1 is 1.24 bits per heavy atom. The maximum Gasteiger partial charge on any atom is 0.0440 e. The van der Waals surface area contributed by atoms with Gasteiger partial charge in [0, 0.05) is 5.02 Å². The van der Waals surface area contributed by atoms with Gasteiger partial charge in [-0.05, 0) is 41.4 Å². The van der Waals surface area contributed by atoms with E-state index >= 15 is 0 Å². The molecule has 0 spiro atoms. The van der Waals surface area contributed by atoms with Gasteiger partial charge >= 0.3 is 0 Å². The summed E-state index contributed by atoms with van der Waals surface area (Å²) in [6.45, 7) is 11.3. The largest absolute Gasteiger partial charge is 0.0840 e. The van der Waals surface area contributed by atoms with E-state index in [-0.39, 0.29) is 0 Å². The van der Waals surface area contributed by atoms with Crippen molar-refractivity contribution in [1.82, 2.24) is 0 Å². The van der Waals surface area contributed by atoms with Crippen molar-refractivity contribution in [3.8, 4) is 0 Å². The zero-order chi connectivity index (χ0) is 13.1. The Hall–Kier alpha value is -0.490. The van der Waals surface area contributed by atoms with Gasteiger partial charge in [-0.25, -0.2) is 0 Å². The third-order valence-electron chi connectivity index (χ3n) is 3.39. The van der Waals surface area contributed by atoms with Gasteiger partial charge in [0.1, 0.15) is 0 Å².